The van der Waals surface area contributed by atoms with Gasteiger partial charge in [0.15, 0.2) is 0 Å². The lowest BCUT2D eigenvalue weighted by Gasteiger charge is -2.40. The summed E-state index contributed by atoms with van der Waals surface area (Å²) in [6.07, 6.45) is 3.45. The van der Waals surface area contributed by atoms with Gasteiger partial charge in [-0.05, 0) is 26.2 Å². The molecule has 0 atom stereocenters. The first-order chi connectivity index (χ1) is 7.13. The monoisotopic (exact) mass is 214 g/mol. The molecule has 1 fully saturated rings. The third-order valence-corrected chi connectivity index (χ3v) is 3.32. The Morgan fingerprint density at radius 3 is 2.60 bits per heavy atom. The highest BCUT2D eigenvalue weighted by atomic mass is 16.5. The minimum atomic E-state index is 0.00503. The van der Waals surface area contributed by atoms with E-state index in [2.05, 4.69) is 5.32 Å². The largest absolute Gasteiger partial charge is 0.377 e. The second kappa shape index (κ2) is 5.47. The molecule has 0 radical (unpaired) electrons. The lowest BCUT2D eigenvalue weighted by atomic mass is 9.80. The third-order valence-electron chi connectivity index (χ3n) is 3.32. The summed E-state index contributed by atoms with van der Waals surface area (Å²) in [5, 5.41) is 3.18. The van der Waals surface area contributed by atoms with E-state index in [1.807, 2.05) is 14.0 Å². The molecule has 0 saturated heterocycles. The summed E-state index contributed by atoms with van der Waals surface area (Å²) < 4.78 is 5.45. The number of rotatable bonds is 6. The van der Waals surface area contributed by atoms with Crippen LogP contribution in [0.5, 0.6) is 0 Å². The molecule has 0 bridgehead atoms. The van der Waals surface area contributed by atoms with Gasteiger partial charge in [-0.1, -0.05) is 0 Å². The standard InChI is InChI=1S/C11H22N2O2/c1-4-13(2)10(14)8-12-9-11(15-3)6-5-7-11/h12H,4-9H2,1-3H3. The molecule has 0 aromatic heterocycles. The number of carbonyl (C=O) groups excluding carboxylic acids is 1. The molecule has 1 amide bonds. The van der Waals surface area contributed by atoms with E-state index in [4.69, 9.17) is 4.74 Å². The number of likely N-dealkylation sites (N-methyl/N-ethyl adjacent to an activating group) is 1. The quantitative estimate of drug-likeness (QED) is 0.705. The highest BCUT2D eigenvalue weighted by Gasteiger charge is 2.36. The summed E-state index contributed by atoms with van der Waals surface area (Å²) in [5.41, 5.74) is 0.00503. The fraction of sp³-hybridized carbons (Fsp3) is 0.909. The molecule has 15 heavy (non-hydrogen) atoms. The predicted octanol–water partition coefficient (Wildman–Crippen LogP) is 0.623. The average molecular weight is 214 g/mol. The van der Waals surface area contributed by atoms with Crippen LogP contribution in [0.25, 0.3) is 0 Å². The minimum Gasteiger partial charge on any atom is -0.377 e. The minimum absolute atomic E-state index is 0.00503. The van der Waals surface area contributed by atoms with Crippen LogP contribution in [0.3, 0.4) is 0 Å². The van der Waals surface area contributed by atoms with Crippen LogP contribution in [-0.2, 0) is 9.53 Å². The number of nitrogens with one attached hydrogen (secondary N) is 1. The highest BCUT2D eigenvalue weighted by Crippen LogP contribution is 2.34. The summed E-state index contributed by atoms with van der Waals surface area (Å²) in [6.45, 7) is 3.93. The van der Waals surface area contributed by atoms with Crippen LogP contribution in [0, 0.1) is 0 Å². The van der Waals surface area contributed by atoms with Crippen molar-refractivity contribution in [3.8, 4) is 0 Å². The molecule has 4 nitrogen and oxygen atoms in total. The molecule has 1 aliphatic rings. The molecule has 88 valence electrons. The van der Waals surface area contributed by atoms with Gasteiger partial charge in [0.05, 0.1) is 12.1 Å². The number of methoxy groups -OCH3 is 1. The molecular formula is C11H22N2O2. The lowest BCUT2D eigenvalue weighted by molar-refractivity contribution is -0.129. The van der Waals surface area contributed by atoms with Crippen LogP contribution in [0.15, 0.2) is 0 Å². The number of ether oxygens (including phenoxy) is 1. The van der Waals surface area contributed by atoms with Crippen LogP contribution in [0.4, 0.5) is 0 Å². The Morgan fingerprint density at radius 1 is 1.53 bits per heavy atom. The first-order valence-electron chi connectivity index (χ1n) is 5.63. The molecule has 0 aliphatic heterocycles. The van der Waals surface area contributed by atoms with Gasteiger partial charge in [0.2, 0.25) is 5.91 Å². The Balaban J connectivity index is 2.18. The molecule has 0 aromatic rings. The molecule has 1 saturated carbocycles. The van der Waals surface area contributed by atoms with E-state index < -0.39 is 0 Å². The Hall–Kier alpha value is -0.610. The van der Waals surface area contributed by atoms with Crippen molar-refractivity contribution in [2.24, 2.45) is 0 Å². The summed E-state index contributed by atoms with van der Waals surface area (Å²) in [6, 6.07) is 0. The maximum Gasteiger partial charge on any atom is 0.236 e. The number of nitrogens with zero attached hydrogens (tertiary/aromatic N) is 1. The first kappa shape index (κ1) is 12.5. The number of carbonyl (C=O) groups is 1. The summed E-state index contributed by atoms with van der Waals surface area (Å²) in [7, 11) is 3.57. The average Bonchev–Trinajstić information content (AvgIpc) is 2.20. The van der Waals surface area contributed by atoms with Crippen LogP contribution in [0.2, 0.25) is 0 Å². The van der Waals surface area contributed by atoms with Crippen LogP contribution < -0.4 is 5.32 Å². The zero-order chi connectivity index (χ0) is 11.3. The van der Waals surface area contributed by atoms with Crippen LogP contribution >= 0.6 is 0 Å². The van der Waals surface area contributed by atoms with E-state index in [9.17, 15) is 4.79 Å². The van der Waals surface area contributed by atoms with Crippen molar-refractivity contribution >= 4 is 5.91 Å². The second-order valence-electron chi connectivity index (χ2n) is 4.25. The molecule has 0 aromatic carbocycles. The van der Waals surface area contributed by atoms with E-state index in [1.165, 1.54) is 6.42 Å². The van der Waals surface area contributed by atoms with Crippen molar-refractivity contribution < 1.29 is 9.53 Å². The van der Waals surface area contributed by atoms with E-state index in [0.717, 1.165) is 25.9 Å². The van der Waals surface area contributed by atoms with Gasteiger partial charge in [0.1, 0.15) is 0 Å². The Morgan fingerprint density at radius 2 is 2.20 bits per heavy atom. The Kier molecular flexibility index (Phi) is 4.54. The van der Waals surface area contributed by atoms with Gasteiger partial charge < -0.3 is 15.0 Å². The summed E-state index contributed by atoms with van der Waals surface area (Å²) >= 11 is 0. The van der Waals surface area contributed by atoms with Gasteiger partial charge in [-0.15, -0.1) is 0 Å². The maximum absolute atomic E-state index is 11.5. The van der Waals surface area contributed by atoms with Gasteiger partial charge in [-0.25, -0.2) is 0 Å². The molecule has 0 spiro atoms. The SMILES string of the molecule is CCN(C)C(=O)CNCC1(OC)CCC1. The smallest absolute Gasteiger partial charge is 0.236 e. The van der Waals surface area contributed by atoms with Gasteiger partial charge in [0, 0.05) is 27.2 Å². The summed E-state index contributed by atoms with van der Waals surface area (Å²) in [4.78, 5) is 13.2. The Labute approximate surface area is 92.0 Å². The van der Waals surface area contributed by atoms with E-state index in [1.54, 1.807) is 12.0 Å². The maximum atomic E-state index is 11.5. The van der Waals surface area contributed by atoms with Gasteiger partial charge in [-0.3, -0.25) is 4.79 Å². The van der Waals surface area contributed by atoms with Crippen molar-refractivity contribution in [2.45, 2.75) is 31.8 Å². The molecule has 1 rings (SSSR count). The molecular weight excluding hydrogens is 192 g/mol. The normalized spacial score (nSPS) is 18.3. The van der Waals surface area contributed by atoms with Crippen LogP contribution in [-0.4, -0.2) is 50.2 Å². The second-order valence-corrected chi connectivity index (χ2v) is 4.25. The van der Waals surface area contributed by atoms with E-state index >= 15 is 0 Å². The van der Waals surface area contributed by atoms with Crippen molar-refractivity contribution in [3.63, 3.8) is 0 Å². The van der Waals surface area contributed by atoms with E-state index in [-0.39, 0.29) is 11.5 Å². The zero-order valence-electron chi connectivity index (χ0n) is 10.0. The topological polar surface area (TPSA) is 41.6 Å². The predicted molar refractivity (Wildman–Crippen MR) is 59.8 cm³/mol. The molecule has 1 aliphatic carbocycles. The Bertz CT molecular complexity index is 209. The highest BCUT2D eigenvalue weighted by molar-refractivity contribution is 5.77. The number of hydrogen-bond donors (Lipinski definition) is 1. The molecule has 4 heteroatoms. The van der Waals surface area contributed by atoms with Crippen molar-refractivity contribution in [2.75, 3.05) is 33.8 Å². The van der Waals surface area contributed by atoms with Crippen molar-refractivity contribution in [1.82, 2.24) is 10.2 Å². The summed E-state index contributed by atoms with van der Waals surface area (Å²) in [5.74, 6) is 0.142. The van der Waals surface area contributed by atoms with Gasteiger partial charge in [-0.2, -0.15) is 0 Å². The number of amides is 1. The number of hydrogen-bond acceptors (Lipinski definition) is 3. The zero-order valence-corrected chi connectivity index (χ0v) is 10.0. The van der Waals surface area contributed by atoms with Crippen molar-refractivity contribution in [3.05, 3.63) is 0 Å². The molecule has 0 unspecified atom stereocenters. The first-order valence-corrected chi connectivity index (χ1v) is 5.63. The fourth-order valence-electron chi connectivity index (χ4n) is 1.73. The lowest BCUT2D eigenvalue weighted by Crippen LogP contribution is -2.49. The third kappa shape index (κ3) is 3.18. The van der Waals surface area contributed by atoms with E-state index in [0.29, 0.717) is 6.54 Å². The van der Waals surface area contributed by atoms with Crippen molar-refractivity contribution in [1.29, 1.82) is 0 Å². The molecule has 0 heterocycles. The van der Waals surface area contributed by atoms with Gasteiger partial charge in [0.25, 0.3) is 0 Å². The molecule has 1 N–H and O–H groups in total. The van der Waals surface area contributed by atoms with Gasteiger partial charge >= 0.3 is 0 Å². The fourth-order valence-corrected chi connectivity index (χ4v) is 1.73. The van der Waals surface area contributed by atoms with Crippen LogP contribution in [0.1, 0.15) is 26.2 Å².